The van der Waals surface area contributed by atoms with Crippen LogP contribution in [0, 0.1) is 6.92 Å². The van der Waals surface area contributed by atoms with Crippen molar-refractivity contribution in [1.82, 2.24) is 30.2 Å². The fourth-order valence-electron chi connectivity index (χ4n) is 4.12. The Kier molecular flexibility index (Phi) is 6.36. The highest BCUT2D eigenvalue weighted by Gasteiger charge is 2.24. The maximum Gasteiger partial charge on any atom is 0.269 e. The van der Waals surface area contributed by atoms with Gasteiger partial charge in [-0.3, -0.25) is 19.5 Å². The molecular weight excluding hydrogens is 392 g/mol. The number of ether oxygens (including phenoxy) is 1. The third-order valence-corrected chi connectivity index (χ3v) is 6.12. The molecule has 1 amide bonds. The van der Waals surface area contributed by atoms with Crippen LogP contribution < -0.4 is 10.1 Å². The monoisotopic (exact) mass is 422 g/mol. The molecule has 8 heteroatoms. The number of nitrogens with zero attached hydrogens (tertiary/aromatic N) is 4. The van der Waals surface area contributed by atoms with Crippen LogP contribution in [-0.2, 0) is 7.05 Å². The minimum absolute atomic E-state index is 0.123. The quantitative estimate of drug-likeness (QED) is 0.611. The Balaban J connectivity index is 1.47. The van der Waals surface area contributed by atoms with Crippen molar-refractivity contribution >= 4 is 5.91 Å². The molecule has 0 spiro atoms. The van der Waals surface area contributed by atoms with E-state index >= 15 is 0 Å². The van der Waals surface area contributed by atoms with E-state index in [9.17, 15) is 4.79 Å². The van der Waals surface area contributed by atoms with Gasteiger partial charge in [-0.2, -0.15) is 10.2 Å². The first kappa shape index (κ1) is 21.1. The summed E-state index contributed by atoms with van der Waals surface area (Å²) in [6, 6.07) is 10.0. The molecule has 0 bridgehead atoms. The molecule has 31 heavy (non-hydrogen) atoms. The summed E-state index contributed by atoms with van der Waals surface area (Å²) < 4.78 is 7.09. The fourth-order valence-corrected chi connectivity index (χ4v) is 4.12. The number of carbonyl (C=O) groups is 1. The first-order valence-electron chi connectivity index (χ1n) is 10.8. The summed E-state index contributed by atoms with van der Waals surface area (Å²) in [6.07, 6.45) is 5.41. The lowest BCUT2D eigenvalue weighted by molar-refractivity contribution is 0.0919. The molecule has 164 valence electrons. The number of nitrogens with one attached hydrogen (secondary N) is 2. The lowest BCUT2D eigenvalue weighted by atomic mass is 10.0. The summed E-state index contributed by atoms with van der Waals surface area (Å²) in [4.78, 5) is 15.3. The minimum atomic E-state index is -0.157. The highest BCUT2D eigenvalue weighted by Crippen LogP contribution is 2.26. The Morgan fingerprint density at radius 1 is 1.23 bits per heavy atom. The lowest BCUT2D eigenvalue weighted by Crippen LogP contribution is -2.40. The summed E-state index contributed by atoms with van der Waals surface area (Å²) >= 11 is 0. The third-order valence-electron chi connectivity index (χ3n) is 6.12. The zero-order valence-electron chi connectivity index (χ0n) is 18.4. The number of piperidine rings is 1. The Bertz CT molecular complexity index is 1020. The van der Waals surface area contributed by atoms with Crippen molar-refractivity contribution in [2.24, 2.45) is 7.05 Å². The van der Waals surface area contributed by atoms with E-state index in [1.807, 2.05) is 26.1 Å². The number of amides is 1. The van der Waals surface area contributed by atoms with Crippen molar-refractivity contribution in [3.63, 3.8) is 0 Å². The molecule has 1 saturated heterocycles. The van der Waals surface area contributed by atoms with Gasteiger partial charge in [0.2, 0.25) is 0 Å². The van der Waals surface area contributed by atoms with Crippen LogP contribution in [-0.4, -0.2) is 57.5 Å². The first-order valence-corrected chi connectivity index (χ1v) is 10.8. The van der Waals surface area contributed by atoms with E-state index in [0.717, 1.165) is 35.8 Å². The number of likely N-dealkylation sites (tertiary alicyclic amines) is 1. The van der Waals surface area contributed by atoms with Crippen LogP contribution in [0.3, 0.4) is 0 Å². The van der Waals surface area contributed by atoms with Crippen molar-refractivity contribution in [2.45, 2.75) is 32.2 Å². The van der Waals surface area contributed by atoms with Gasteiger partial charge in [0.1, 0.15) is 11.4 Å². The molecule has 1 aliphatic heterocycles. The van der Waals surface area contributed by atoms with Gasteiger partial charge in [0.05, 0.1) is 25.0 Å². The van der Waals surface area contributed by atoms with Gasteiger partial charge in [-0.15, -0.1) is 0 Å². The van der Waals surface area contributed by atoms with E-state index in [1.165, 1.54) is 24.8 Å². The van der Waals surface area contributed by atoms with Gasteiger partial charge in [0.15, 0.2) is 0 Å². The molecular formula is C23H30N6O2. The predicted molar refractivity (Wildman–Crippen MR) is 119 cm³/mol. The highest BCUT2D eigenvalue weighted by molar-refractivity contribution is 5.93. The molecule has 3 heterocycles. The second-order valence-corrected chi connectivity index (χ2v) is 8.03. The van der Waals surface area contributed by atoms with E-state index < -0.39 is 0 Å². The van der Waals surface area contributed by atoms with Gasteiger partial charge >= 0.3 is 0 Å². The number of methoxy groups -OCH3 is 1. The van der Waals surface area contributed by atoms with Crippen molar-refractivity contribution in [1.29, 1.82) is 0 Å². The van der Waals surface area contributed by atoms with Crippen molar-refractivity contribution in [2.75, 3.05) is 26.7 Å². The first-order chi connectivity index (χ1) is 15.1. The summed E-state index contributed by atoms with van der Waals surface area (Å²) in [6.45, 7) is 4.60. The highest BCUT2D eigenvalue weighted by atomic mass is 16.5. The van der Waals surface area contributed by atoms with Gasteiger partial charge in [0.25, 0.3) is 5.91 Å². The molecule has 2 N–H and O–H groups in total. The van der Waals surface area contributed by atoms with Crippen LogP contribution in [0.4, 0.5) is 0 Å². The number of aryl methyl sites for hydroxylation is 1. The van der Waals surface area contributed by atoms with E-state index in [-0.39, 0.29) is 11.9 Å². The summed E-state index contributed by atoms with van der Waals surface area (Å²) in [7, 11) is 3.56. The van der Waals surface area contributed by atoms with Crippen LogP contribution in [0.25, 0.3) is 11.3 Å². The molecule has 3 aromatic rings. The van der Waals surface area contributed by atoms with Crippen molar-refractivity contribution in [3.8, 4) is 17.0 Å². The summed E-state index contributed by atoms with van der Waals surface area (Å²) in [5.41, 5.74) is 4.27. The Hall–Kier alpha value is -3.13. The topological polar surface area (TPSA) is 88.1 Å². The number of aromatic amines is 1. The van der Waals surface area contributed by atoms with Crippen LogP contribution in [0.15, 0.2) is 36.5 Å². The molecule has 1 atom stereocenters. The normalized spacial score (nSPS) is 15.6. The molecule has 0 radical (unpaired) electrons. The van der Waals surface area contributed by atoms with Crippen LogP contribution >= 0.6 is 0 Å². The van der Waals surface area contributed by atoms with Crippen LogP contribution in [0.5, 0.6) is 5.75 Å². The zero-order valence-corrected chi connectivity index (χ0v) is 18.4. The molecule has 2 aromatic heterocycles. The molecule has 1 aromatic carbocycles. The zero-order chi connectivity index (χ0) is 21.8. The smallest absolute Gasteiger partial charge is 0.269 e. The van der Waals surface area contributed by atoms with E-state index in [1.54, 1.807) is 24.1 Å². The number of rotatable bonds is 7. The van der Waals surface area contributed by atoms with Gasteiger partial charge in [0, 0.05) is 24.8 Å². The average Bonchev–Trinajstić information content (AvgIpc) is 3.42. The Labute approximate surface area is 182 Å². The van der Waals surface area contributed by atoms with Crippen LogP contribution in [0.1, 0.15) is 47.1 Å². The van der Waals surface area contributed by atoms with Crippen molar-refractivity contribution in [3.05, 3.63) is 53.5 Å². The second kappa shape index (κ2) is 9.34. The largest absolute Gasteiger partial charge is 0.497 e. The van der Waals surface area contributed by atoms with Gasteiger partial charge in [-0.05, 0) is 56.6 Å². The fraction of sp³-hybridized carbons (Fsp3) is 0.435. The van der Waals surface area contributed by atoms with Gasteiger partial charge in [-0.1, -0.05) is 18.6 Å². The molecule has 0 saturated carbocycles. The van der Waals surface area contributed by atoms with E-state index in [4.69, 9.17) is 4.74 Å². The molecule has 1 unspecified atom stereocenters. The average molecular weight is 423 g/mol. The van der Waals surface area contributed by atoms with E-state index in [2.05, 4.69) is 37.6 Å². The SMILES string of the molecule is COc1ccc(C(CNC(=O)c2cc(-c3cnn(C)c3C)n[nH]2)N2CCCCC2)cc1. The molecule has 0 aliphatic carbocycles. The van der Waals surface area contributed by atoms with Crippen LogP contribution in [0.2, 0.25) is 0 Å². The predicted octanol–water partition coefficient (Wildman–Crippen LogP) is 3.08. The minimum Gasteiger partial charge on any atom is -0.497 e. The summed E-state index contributed by atoms with van der Waals surface area (Å²) in [5.74, 6) is 0.677. The molecule has 1 fully saturated rings. The lowest BCUT2D eigenvalue weighted by Gasteiger charge is -2.35. The number of hydrogen-bond acceptors (Lipinski definition) is 5. The third kappa shape index (κ3) is 4.64. The van der Waals surface area contributed by atoms with Gasteiger partial charge < -0.3 is 10.1 Å². The maximum atomic E-state index is 12.9. The second-order valence-electron chi connectivity index (χ2n) is 8.03. The number of H-pyrrole nitrogens is 1. The Morgan fingerprint density at radius 3 is 2.61 bits per heavy atom. The number of hydrogen-bond donors (Lipinski definition) is 2. The van der Waals surface area contributed by atoms with E-state index in [0.29, 0.717) is 12.2 Å². The number of carbonyl (C=O) groups excluding carboxylic acids is 1. The molecule has 1 aliphatic rings. The Morgan fingerprint density at radius 2 is 1.97 bits per heavy atom. The number of aromatic nitrogens is 4. The standard InChI is InChI=1S/C23H30N6O2/c1-16-19(14-25-28(16)2)20-13-21(27-26-20)23(30)24-15-22(29-11-5-4-6-12-29)17-7-9-18(31-3)10-8-17/h7-10,13-14,22H,4-6,11-12,15H2,1-3H3,(H,24,30)(H,26,27). The molecule has 8 nitrogen and oxygen atoms in total. The maximum absolute atomic E-state index is 12.9. The number of benzene rings is 1. The molecule has 4 rings (SSSR count). The van der Waals surface area contributed by atoms with Gasteiger partial charge in [-0.25, -0.2) is 0 Å². The summed E-state index contributed by atoms with van der Waals surface area (Å²) in [5, 5.41) is 14.5. The van der Waals surface area contributed by atoms with Crippen molar-refractivity contribution < 1.29 is 9.53 Å².